The number of ether oxygens (including phenoxy) is 2. The van der Waals surface area contributed by atoms with E-state index in [0.29, 0.717) is 43.1 Å². The third kappa shape index (κ3) is 45.4. The van der Waals surface area contributed by atoms with E-state index in [0.717, 1.165) is 38.5 Å². The number of phosphoric acid groups is 1. The average molecular weight is 918 g/mol. The van der Waals surface area contributed by atoms with E-state index in [-0.39, 0.29) is 26.1 Å². The molecule has 366 valence electrons. The number of aliphatic hydroxyl groups excluding tert-OH is 2. The molecule has 0 aliphatic heterocycles. The molecule has 0 rings (SSSR count). The highest BCUT2D eigenvalue weighted by atomic mass is 31.2. The van der Waals surface area contributed by atoms with E-state index in [1.54, 1.807) is 30.4 Å². The van der Waals surface area contributed by atoms with Gasteiger partial charge in [-0.2, -0.15) is 0 Å². The second-order valence-corrected chi connectivity index (χ2v) is 18.5. The van der Waals surface area contributed by atoms with Crippen molar-refractivity contribution in [3.8, 4) is 0 Å². The van der Waals surface area contributed by atoms with Gasteiger partial charge in [0.1, 0.15) is 19.8 Å². The SMILES string of the molecule is CC/C=C\C[C@H](O)/C=C/C=C\C/C=C\C=C\[C@H](O)/C=C\CCCC(=O)O[C@H](COC(=O)CCCCCCCCCCC/C=C\C/C=C\CCCCC)COP(=O)([O-])OCC[N+](C)(C)C. The van der Waals surface area contributed by atoms with Gasteiger partial charge in [-0.05, 0) is 70.6 Å². The Morgan fingerprint density at radius 2 is 1.19 bits per heavy atom. The van der Waals surface area contributed by atoms with E-state index in [9.17, 15) is 29.3 Å². The van der Waals surface area contributed by atoms with Gasteiger partial charge in [0.15, 0.2) is 6.10 Å². The van der Waals surface area contributed by atoms with Gasteiger partial charge in [0.2, 0.25) is 0 Å². The fourth-order valence-electron chi connectivity index (χ4n) is 5.95. The molecule has 2 N–H and O–H groups in total. The Morgan fingerprint density at radius 1 is 0.609 bits per heavy atom. The molecule has 0 heterocycles. The lowest BCUT2D eigenvalue weighted by molar-refractivity contribution is -0.870. The first-order valence-corrected chi connectivity index (χ1v) is 25.6. The third-order valence-corrected chi connectivity index (χ3v) is 10.7. The van der Waals surface area contributed by atoms with Crippen LogP contribution in [0.2, 0.25) is 0 Å². The molecule has 0 aromatic heterocycles. The van der Waals surface area contributed by atoms with Gasteiger partial charge in [0.05, 0.1) is 40.0 Å². The molecule has 0 aromatic carbocycles. The van der Waals surface area contributed by atoms with E-state index in [2.05, 4.69) is 38.2 Å². The molecule has 0 amide bonds. The van der Waals surface area contributed by atoms with Gasteiger partial charge in [0, 0.05) is 12.8 Å². The quantitative estimate of drug-likeness (QED) is 0.0151. The van der Waals surface area contributed by atoms with Crippen LogP contribution in [0.15, 0.2) is 97.2 Å². The first-order chi connectivity index (χ1) is 30.8. The van der Waals surface area contributed by atoms with Crippen molar-refractivity contribution in [1.29, 1.82) is 0 Å². The number of esters is 2. The first-order valence-electron chi connectivity index (χ1n) is 24.2. The number of quaternary nitrogens is 1. The van der Waals surface area contributed by atoms with E-state index in [1.807, 2.05) is 63.7 Å². The van der Waals surface area contributed by atoms with Crippen molar-refractivity contribution in [3.63, 3.8) is 0 Å². The maximum absolute atomic E-state index is 12.7. The van der Waals surface area contributed by atoms with Crippen LogP contribution < -0.4 is 4.89 Å². The van der Waals surface area contributed by atoms with Crippen LogP contribution in [0.5, 0.6) is 0 Å². The van der Waals surface area contributed by atoms with Crippen LogP contribution in [0.1, 0.15) is 155 Å². The number of likely N-dealkylation sites (N-methyl/N-ethyl adjacent to an activating group) is 1. The van der Waals surface area contributed by atoms with Crippen LogP contribution >= 0.6 is 7.82 Å². The Kier molecular flexibility index (Phi) is 40.4. The van der Waals surface area contributed by atoms with Gasteiger partial charge >= 0.3 is 11.9 Å². The fourth-order valence-corrected chi connectivity index (χ4v) is 6.68. The monoisotopic (exact) mass is 918 g/mol. The van der Waals surface area contributed by atoms with Crippen LogP contribution in [0.3, 0.4) is 0 Å². The van der Waals surface area contributed by atoms with Crippen LogP contribution in [0.25, 0.3) is 0 Å². The predicted octanol–water partition coefficient (Wildman–Crippen LogP) is 11.4. The molecule has 0 aliphatic carbocycles. The normalized spacial score (nSPS) is 15.3. The van der Waals surface area contributed by atoms with Gasteiger partial charge in [-0.1, -0.05) is 169 Å². The molecule has 4 atom stereocenters. The average Bonchev–Trinajstić information content (AvgIpc) is 3.24. The first kappa shape index (κ1) is 60.9. The number of carbonyl (C=O) groups excluding carboxylic acids is 2. The number of carbonyl (C=O) groups is 2. The lowest BCUT2D eigenvalue weighted by Crippen LogP contribution is -2.37. The lowest BCUT2D eigenvalue weighted by Gasteiger charge is -2.28. The Hall–Kier alpha value is -3.15. The lowest BCUT2D eigenvalue weighted by atomic mass is 10.1. The summed E-state index contributed by atoms with van der Waals surface area (Å²) >= 11 is 0. The zero-order valence-corrected chi connectivity index (χ0v) is 41.3. The Balaban J connectivity index is 4.56. The van der Waals surface area contributed by atoms with E-state index in [1.165, 1.54) is 57.8 Å². The number of nitrogens with zero attached hydrogens (tertiary/aromatic N) is 1. The third-order valence-electron chi connectivity index (χ3n) is 9.76. The number of hydrogen-bond donors (Lipinski definition) is 2. The molecular weight excluding hydrogens is 830 g/mol. The number of aliphatic hydroxyl groups is 2. The van der Waals surface area contributed by atoms with E-state index in [4.69, 9.17) is 18.5 Å². The number of allylic oxidation sites excluding steroid dienone is 12. The Labute approximate surface area is 389 Å². The van der Waals surface area contributed by atoms with Crippen LogP contribution in [0.4, 0.5) is 0 Å². The smallest absolute Gasteiger partial charge is 0.306 e. The molecule has 0 fully saturated rings. The van der Waals surface area contributed by atoms with Crippen LogP contribution in [-0.2, 0) is 32.7 Å². The second-order valence-electron chi connectivity index (χ2n) is 17.1. The molecule has 12 heteroatoms. The van der Waals surface area contributed by atoms with Gasteiger partial charge < -0.3 is 38.1 Å². The summed E-state index contributed by atoms with van der Waals surface area (Å²) < 4.78 is 33.8. The molecule has 64 heavy (non-hydrogen) atoms. The Bertz CT molecular complexity index is 1440. The predicted molar refractivity (Wildman–Crippen MR) is 261 cm³/mol. The summed E-state index contributed by atoms with van der Waals surface area (Å²) in [6.07, 6.45) is 49.4. The molecule has 0 radical (unpaired) electrons. The summed E-state index contributed by atoms with van der Waals surface area (Å²) in [7, 11) is 1.02. The minimum Gasteiger partial charge on any atom is -0.756 e. The summed E-state index contributed by atoms with van der Waals surface area (Å²) in [5.74, 6) is -1.03. The molecular formula is C52H88NO10P. The summed E-state index contributed by atoms with van der Waals surface area (Å²) in [4.78, 5) is 37.7. The molecule has 11 nitrogen and oxygen atoms in total. The highest BCUT2D eigenvalue weighted by Crippen LogP contribution is 2.38. The van der Waals surface area contributed by atoms with Gasteiger partial charge in [0.25, 0.3) is 7.82 Å². The number of hydrogen-bond acceptors (Lipinski definition) is 10. The molecule has 0 saturated carbocycles. The van der Waals surface area contributed by atoms with Crippen molar-refractivity contribution >= 4 is 19.8 Å². The summed E-state index contributed by atoms with van der Waals surface area (Å²) in [5.41, 5.74) is 0. The van der Waals surface area contributed by atoms with Crippen molar-refractivity contribution in [2.45, 2.75) is 173 Å². The maximum atomic E-state index is 12.7. The molecule has 0 bridgehead atoms. The van der Waals surface area contributed by atoms with Gasteiger partial charge in [-0.15, -0.1) is 0 Å². The van der Waals surface area contributed by atoms with Crippen molar-refractivity contribution in [2.24, 2.45) is 0 Å². The van der Waals surface area contributed by atoms with Crippen molar-refractivity contribution in [3.05, 3.63) is 97.2 Å². The number of rotatable bonds is 42. The highest BCUT2D eigenvalue weighted by Gasteiger charge is 2.21. The fraction of sp³-hybridized carbons (Fsp3) is 0.654. The molecule has 1 unspecified atom stereocenters. The summed E-state index contributed by atoms with van der Waals surface area (Å²) in [6.45, 7) is 3.77. The second kappa shape index (κ2) is 42.5. The zero-order valence-electron chi connectivity index (χ0n) is 40.4. The summed E-state index contributed by atoms with van der Waals surface area (Å²) in [5, 5.41) is 20.1. The molecule has 0 spiro atoms. The molecule has 0 saturated heterocycles. The van der Waals surface area contributed by atoms with E-state index >= 15 is 0 Å². The topological polar surface area (TPSA) is 152 Å². The Morgan fingerprint density at radius 3 is 1.83 bits per heavy atom. The maximum Gasteiger partial charge on any atom is 0.306 e. The minimum atomic E-state index is -4.69. The van der Waals surface area contributed by atoms with E-state index < -0.39 is 44.7 Å². The highest BCUT2D eigenvalue weighted by molar-refractivity contribution is 7.45. The molecule has 0 aliphatic rings. The van der Waals surface area contributed by atoms with Gasteiger partial charge in [-0.3, -0.25) is 14.2 Å². The van der Waals surface area contributed by atoms with Crippen molar-refractivity contribution in [1.82, 2.24) is 0 Å². The minimum absolute atomic E-state index is 0.0325. The van der Waals surface area contributed by atoms with Crippen LogP contribution in [-0.4, -0.2) is 92.5 Å². The van der Waals surface area contributed by atoms with Crippen LogP contribution in [0, 0.1) is 0 Å². The summed E-state index contributed by atoms with van der Waals surface area (Å²) in [6, 6.07) is 0. The number of unbranched alkanes of at least 4 members (excludes halogenated alkanes) is 13. The van der Waals surface area contributed by atoms with Gasteiger partial charge in [-0.25, -0.2) is 0 Å². The van der Waals surface area contributed by atoms with Crippen molar-refractivity contribution in [2.75, 3.05) is 47.5 Å². The zero-order chi connectivity index (χ0) is 47.4. The van der Waals surface area contributed by atoms with Crippen molar-refractivity contribution < 1.29 is 52.3 Å². The largest absolute Gasteiger partial charge is 0.756 e. The standard InChI is InChI=1S/C52H88NO10P/c1-6-8-10-11-12-13-14-15-16-17-18-19-20-21-22-23-27-30-36-42-51(56)60-46-50(47-62-64(58,59)61-45-44-53(3,4)5)63-52(57)43-37-31-35-41-49(55)40-34-29-26-24-25-28-33-39-48(54)38-32-9-7-2/h9,12-13,15-16,25-26,28-29,32-35,39-41,48-50,54-55H,6-8,10-11,14,17-24,27,30-31,36-38,42-47H2,1-5H3/b13-12-,16-15-,28-25-,29-26-,32-9-,39-33+,40-34+,41-35-/t48-,49-,50+/m0/s1. The number of phosphoric ester groups is 1. The molecule has 0 aromatic rings.